The minimum absolute atomic E-state index is 0.0324. The van der Waals surface area contributed by atoms with Crippen molar-refractivity contribution in [2.24, 2.45) is 0 Å². The molecular weight excluding hydrogens is 448 g/mol. The standard InChI is InChI=1S/C22H24N4O8/c1-32-18-4-3-5-19(33-2)21(18)34-13-25-11-10-16(24-25)22(29)23-17(12-27)20(28)14-6-8-15(9-7-14)26(30)31/h3-11,17,20,27-28H,12-13H2,1-2H3,(H,23,29). The Morgan fingerprint density at radius 3 is 2.35 bits per heavy atom. The van der Waals surface area contributed by atoms with Gasteiger partial charge in [-0.3, -0.25) is 14.9 Å². The highest BCUT2D eigenvalue weighted by Gasteiger charge is 2.24. The molecule has 12 heteroatoms. The van der Waals surface area contributed by atoms with Crippen molar-refractivity contribution in [1.29, 1.82) is 0 Å². The molecule has 34 heavy (non-hydrogen) atoms. The molecule has 3 rings (SSSR count). The topological polar surface area (TPSA) is 158 Å². The lowest BCUT2D eigenvalue weighted by molar-refractivity contribution is -0.384. The molecule has 180 valence electrons. The summed E-state index contributed by atoms with van der Waals surface area (Å²) in [6, 6.07) is 10.7. The number of nitro benzene ring substituents is 1. The Bertz CT molecular complexity index is 1110. The van der Waals surface area contributed by atoms with Crippen LogP contribution in [0.3, 0.4) is 0 Å². The molecule has 3 aromatic rings. The summed E-state index contributed by atoms with van der Waals surface area (Å²) < 4.78 is 17.7. The van der Waals surface area contributed by atoms with Crippen LogP contribution in [-0.4, -0.2) is 57.7 Å². The summed E-state index contributed by atoms with van der Waals surface area (Å²) in [6.07, 6.45) is 0.232. The van der Waals surface area contributed by atoms with Crippen molar-refractivity contribution in [2.75, 3.05) is 20.8 Å². The summed E-state index contributed by atoms with van der Waals surface area (Å²) in [5.74, 6) is 0.681. The second-order valence-corrected chi connectivity index (χ2v) is 7.06. The maximum absolute atomic E-state index is 12.6. The van der Waals surface area contributed by atoms with Crippen molar-refractivity contribution in [3.8, 4) is 17.2 Å². The quantitative estimate of drug-likeness (QED) is 0.279. The van der Waals surface area contributed by atoms with Gasteiger partial charge in [-0.05, 0) is 35.9 Å². The number of para-hydroxylation sites is 1. The third-order valence-electron chi connectivity index (χ3n) is 4.94. The lowest BCUT2D eigenvalue weighted by atomic mass is 10.0. The Morgan fingerprint density at radius 1 is 1.15 bits per heavy atom. The molecule has 0 aliphatic rings. The minimum Gasteiger partial charge on any atom is -0.493 e. The molecule has 0 aliphatic heterocycles. The van der Waals surface area contributed by atoms with E-state index in [1.807, 2.05) is 0 Å². The number of nitro groups is 1. The zero-order valence-corrected chi connectivity index (χ0v) is 18.5. The summed E-state index contributed by atoms with van der Waals surface area (Å²) >= 11 is 0. The molecule has 1 heterocycles. The maximum atomic E-state index is 12.6. The highest BCUT2D eigenvalue weighted by Crippen LogP contribution is 2.36. The first kappa shape index (κ1) is 24.5. The highest BCUT2D eigenvalue weighted by atomic mass is 16.6. The van der Waals surface area contributed by atoms with E-state index in [0.717, 1.165) is 0 Å². The van der Waals surface area contributed by atoms with Crippen LogP contribution in [0.2, 0.25) is 0 Å². The third-order valence-corrected chi connectivity index (χ3v) is 4.94. The Labute approximate surface area is 194 Å². The number of nitrogens with zero attached hydrogens (tertiary/aromatic N) is 3. The predicted octanol–water partition coefficient (Wildman–Crippen LogP) is 1.67. The smallest absolute Gasteiger partial charge is 0.272 e. The van der Waals surface area contributed by atoms with Gasteiger partial charge in [0.2, 0.25) is 5.75 Å². The van der Waals surface area contributed by atoms with E-state index in [9.17, 15) is 25.1 Å². The van der Waals surface area contributed by atoms with Gasteiger partial charge >= 0.3 is 0 Å². The number of aromatic nitrogens is 2. The molecule has 0 saturated carbocycles. The summed E-state index contributed by atoms with van der Waals surface area (Å²) in [5.41, 5.74) is 0.193. The maximum Gasteiger partial charge on any atom is 0.272 e. The van der Waals surface area contributed by atoms with E-state index in [1.165, 1.54) is 55.4 Å². The number of aliphatic hydroxyl groups is 2. The molecule has 0 spiro atoms. The molecule has 0 radical (unpaired) electrons. The van der Waals surface area contributed by atoms with Gasteiger partial charge in [-0.1, -0.05) is 6.07 Å². The minimum atomic E-state index is -1.29. The number of aliphatic hydroxyl groups excluding tert-OH is 2. The number of benzene rings is 2. The number of rotatable bonds is 11. The van der Waals surface area contributed by atoms with Crippen LogP contribution in [0.5, 0.6) is 17.2 Å². The Kier molecular flexibility index (Phi) is 8.01. The van der Waals surface area contributed by atoms with E-state index in [1.54, 1.807) is 18.2 Å². The molecule has 3 N–H and O–H groups in total. The van der Waals surface area contributed by atoms with Crippen molar-refractivity contribution in [3.05, 3.63) is 76.1 Å². The Morgan fingerprint density at radius 2 is 1.79 bits per heavy atom. The zero-order valence-electron chi connectivity index (χ0n) is 18.5. The Hall–Kier alpha value is -4.16. The fourth-order valence-electron chi connectivity index (χ4n) is 3.14. The number of carbonyl (C=O) groups excluding carboxylic acids is 1. The van der Waals surface area contributed by atoms with Crippen molar-refractivity contribution >= 4 is 11.6 Å². The van der Waals surface area contributed by atoms with Crippen LogP contribution in [0.1, 0.15) is 22.2 Å². The van der Waals surface area contributed by atoms with Crippen LogP contribution in [-0.2, 0) is 6.73 Å². The van der Waals surface area contributed by atoms with Gasteiger partial charge in [0.05, 0.1) is 31.8 Å². The normalized spacial score (nSPS) is 12.5. The molecule has 2 atom stereocenters. The lowest BCUT2D eigenvalue weighted by Crippen LogP contribution is -2.42. The third kappa shape index (κ3) is 5.60. The first-order chi connectivity index (χ1) is 16.4. The van der Waals surface area contributed by atoms with Gasteiger partial charge in [0, 0.05) is 18.3 Å². The fraction of sp³-hybridized carbons (Fsp3) is 0.273. The first-order valence-electron chi connectivity index (χ1n) is 10.1. The Balaban J connectivity index is 1.64. The van der Waals surface area contributed by atoms with E-state index in [-0.39, 0.29) is 18.1 Å². The van der Waals surface area contributed by atoms with Gasteiger partial charge in [-0.15, -0.1) is 0 Å². The number of carbonyl (C=O) groups is 1. The van der Waals surface area contributed by atoms with Crippen LogP contribution in [0, 0.1) is 10.1 Å². The molecule has 0 fully saturated rings. The average Bonchev–Trinajstić information content (AvgIpc) is 3.34. The summed E-state index contributed by atoms with van der Waals surface area (Å²) in [6.45, 7) is -0.611. The fourth-order valence-corrected chi connectivity index (χ4v) is 3.14. The van der Waals surface area contributed by atoms with E-state index in [2.05, 4.69) is 10.4 Å². The van der Waals surface area contributed by atoms with Crippen LogP contribution < -0.4 is 19.5 Å². The monoisotopic (exact) mass is 472 g/mol. The lowest BCUT2D eigenvalue weighted by Gasteiger charge is -2.22. The van der Waals surface area contributed by atoms with E-state index in [0.29, 0.717) is 22.8 Å². The van der Waals surface area contributed by atoms with Crippen molar-refractivity contribution in [1.82, 2.24) is 15.1 Å². The van der Waals surface area contributed by atoms with Gasteiger partial charge in [-0.2, -0.15) is 5.10 Å². The summed E-state index contributed by atoms with van der Waals surface area (Å²) in [7, 11) is 3.00. The summed E-state index contributed by atoms with van der Waals surface area (Å²) in [5, 5.41) is 37.6. The molecular formula is C22H24N4O8. The van der Waals surface area contributed by atoms with Crippen molar-refractivity contribution in [2.45, 2.75) is 18.9 Å². The second-order valence-electron chi connectivity index (χ2n) is 7.06. The van der Waals surface area contributed by atoms with Crippen molar-refractivity contribution in [3.63, 3.8) is 0 Å². The molecule has 2 aromatic carbocycles. The first-order valence-corrected chi connectivity index (χ1v) is 10.1. The second kappa shape index (κ2) is 11.1. The van der Waals surface area contributed by atoms with E-state index < -0.39 is 29.6 Å². The van der Waals surface area contributed by atoms with Gasteiger partial charge in [0.25, 0.3) is 11.6 Å². The highest BCUT2D eigenvalue weighted by molar-refractivity contribution is 5.92. The van der Waals surface area contributed by atoms with Gasteiger partial charge in [0.15, 0.2) is 18.2 Å². The number of amides is 1. The largest absolute Gasteiger partial charge is 0.493 e. The number of nitrogens with one attached hydrogen (secondary N) is 1. The molecule has 1 aromatic heterocycles. The van der Waals surface area contributed by atoms with Gasteiger partial charge in [0.1, 0.15) is 11.8 Å². The number of ether oxygens (including phenoxy) is 3. The zero-order chi connectivity index (χ0) is 24.7. The molecule has 2 unspecified atom stereocenters. The van der Waals surface area contributed by atoms with E-state index in [4.69, 9.17) is 14.2 Å². The summed E-state index contributed by atoms with van der Waals surface area (Å²) in [4.78, 5) is 22.8. The van der Waals surface area contributed by atoms with Crippen LogP contribution in [0.15, 0.2) is 54.7 Å². The number of non-ortho nitro benzene ring substituents is 1. The molecule has 1 amide bonds. The number of methoxy groups -OCH3 is 2. The van der Waals surface area contributed by atoms with Gasteiger partial charge in [-0.25, -0.2) is 4.68 Å². The average molecular weight is 472 g/mol. The molecule has 0 aliphatic carbocycles. The predicted molar refractivity (Wildman–Crippen MR) is 119 cm³/mol. The van der Waals surface area contributed by atoms with Crippen LogP contribution >= 0.6 is 0 Å². The molecule has 0 bridgehead atoms. The molecule has 12 nitrogen and oxygen atoms in total. The number of hydrogen-bond acceptors (Lipinski definition) is 9. The van der Waals surface area contributed by atoms with Crippen LogP contribution in [0.4, 0.5) is 5.69 Å². The van der Waals surface area contributed by atoms with E-state index >= 15 is 0 Å². The van der Waals surface area contributed by atoms with Gasteiger partial charge < -0.3 is 29.7 Å². The van der Waals surface area contributed by atoms with Crippen molar-refractivity contribution < 1.29 is 34.1 Å². The molecule has 0 saturated heterocycles. The number of hydrogen-bond donors (Lipinski definition) is 3. The van der Waals surface area contributed by atoms with Crippen LogP contribution in [0.25, 0.3) is 0 Å². The SMILES string of the molecule is COc1cccc(OC)c1OCn1ccc(C(=O)NC(CO)C(O)c2ccc([N+](=O)[O-])cc2)n1.